The highest BCUT2D eigenvalue weighted by atomic mass is 16.4. The predicted molar refractivity (Wildman–Crippen MR) is 111 cm³/mol. The Bertz CT molecular complexity index is 1180. The molecule has 1 aromatic heterocycles. The summed E-state index contributed by atoms with van der Waals surface area (Å²) in [6.45, 7) is 3.05. The predicted octanol–water partition coefficient (Wildman–Crippen LogP) is 3.26. The maximum Gasteiger partial charge on any atom is 0.344 e. The third-order valence-electron chi connectivity index (χ3n) is 5.16. The van der Waals surface area contributed by atoms with Crippen LogP contribution in [0, 0.1) is 0 Å². The molecule has 4 rings (SSSR count). The Balaban J connectivity index is 1.51. The van der Waals surface area contributed by atoms with E-state index < -0.39 is 23.4 Å². The number of nitrogens with zero attached hydrogens (tertiary/aromatic N) is 1. The van der Waals surface area contributed by atoms with E-state index in [0.717, 1.165) is 0 Å². The van der Waals surface area contributed by atoms with E-state index in [1.54, 1.807) is 67.6 Å². The van der Waals surface area contributed by atoms with Crippen LogP contribution in [0.3, 0.4) is 0 Å². The highest BCUT2D eigenvalue weighted by Gasteiger charge is 2.50. The van der Waals surface area contributed by atoms with Gasteiger partial charge in [-0.05, 0) is 31.5 Å². The molecule has 0 unspecified atom stereocenters. The lowest BCUT2D eigenvalue weighted by Gasteiger charge is -2.21. The largest absolute Gasteiger partial charge is 0.451 e. The molecule has 4 amide bonds. The van der Waals surface area contributed by atoms with Crippen molar-refractivity contribution in [3.05, 3.63) is 83.6 Å². The topological polar surface area (TPSA) is 109 Å². The molecule has 1 atom stereocenters. The van der Waals surface area contributed by atoms with Gasteiger partial charge >= 0.3 is 11.9 Å². The fraction of sp³-hybridized carbons (Fsp3) is 0.130. The van der Waals surface area contributed by atoms with E-state index in [0.29, 0.717) is 27.5 Å². The molecule has 8 heteroatoms. The summed E-state index contributed by atoms with van der Waals surface area (Å²) in [6.07, 6.45) is 0. The smallest absolute Gasteiger partial charge is 0.344 e. The van der Waals surface area contributed by atoms with E-state index in [1.807, 2.05) is 0 Å². The van der Waals surface area contributed by atoms with Gasteiger partial charge in [-0.15, -0.1) is 0 Å². The Morgan fingerprint density at radius 3 is 2.29 bits per heavy atom. The lowest BCUT2D eigenvalue weighted by atomic mass is 9.92. The first kappa shape index (κ1) is 20.1. The van der Waals surface area contributed by atoms with Crippen LogP contribution in [0.15, 0.2) is 71.1 Å². The van der Waals surface area contributed by atoms with Gasteiger partial charge in [0.2, 0.25) is 0 Å². The van der Waals surface area contributed by atoms with E-state index in [4.69, 9.17) is 4.42 Å². The highest BCUT2D eigenvalue weighted by Crippen LogP contribution is 2.28. The molecule has 2 N–H and O–H groups in total. The summed E-state index contributed by atoms with van der Waals surface area (Å²) in [5.41, 5.74) is 2.85. The van der Waals surface area contributed by atoms with Gasteiger partial charge in [0.05, 0.1) is 0 Å². The number of carbonyl (C=O) groups is 4. The van der Waals surface area contributed by atoms with Crippen LogP contribution in [0.2, 0.25) is 0 Å². The average Bonchev–Trinajstić information content (AvgIpc) is 3.35. The SMILES string of the molecule is CC(=O)c1ccc(-c2ccc(C(=O)NN3C(=O)N[C@@](C)(c4ccccc4)C3=O)o2)cc1. The van der Waals surface area contributed by atoms with Crippen LogP contribution in [0.1, 0.15) is 40.3 Å². The minimum Gasteiger partial charge on any atom is -0.451 e. The second-order valence-electron chi connectivity index (χ2n) is 7.30. The first-order chi connectivity index (χ1) is 14.8. The van der Waals surface area contributed by atoms with Crippen LogP contribution in [-0.4, -0.2) is 28.6 Å². The summed E-state index contributed by atoms with van der Waals surface area (Å²) in [5.74, 6) is -1.07. The Kier molecular flexibility index (Phi) is 4.90. The van der Waals surface area contributed by atoms with Crippen LogP contribution in [0.4, 0.5) is 4.79 Å². The van der Waals surface area contributed by atoms with Crippen molar-refractivity contribution in [2.24, 2.45) is 0 Å². The summed E-state index contributed by atoms with van der Waals surface area (Å²) < 4.78 is 5.58. The van der Waals surface area contributed by atoms with Crippen molar-refractivity contribution < 1.29 is 23.6 Å². The summed E-state index contributed by atoms with van der Waals surface area (Å²) >= 11 is 0. The summed E-state index contributed by atoms with van der Waals surface area (Å²) in [4.78, 5) is 49.3. The Labute approximate surface area is 177 Å². The first-order valence-electron chi connectivity index (χ1n) is 9.54. The van der Waals surface area contributed by atoms with Gasteiger partial charge in [0.15, 0.2) is 11.5 Å². The van der Waals surface area contributed by atoms with Crippen LogP contribution in [-0.2, 0) is 10.3 Å². The Hall–Kier alpha value is -4.20. The number of urea groups is 1. The van der Waals surface area contributed by atoms with Gasteiger partial charge in [-0.3, -0.25) is 14.4 Å². The maximum absolute atomic E-state index is 12.9. The van der Waals surface area contributed by atoms with E-state index in [1.165, 1.54) is 13.0 Å². The molecule has 8 nitrogen and oxygen atoms in total. The van der Waals surface area contributed by atoms with Gasteiger partial charge in [0, 0.05) is 11.1 Å². The number of hydrogen-bond donors (Lipinski definition) is 2. The zero-order chi connectivity index (χ0) is 22.2. The molecule has 1 aliphatic rings. The molecule has 3 aromatic rings. The zero-order valence-corrected chi connectivity index (χ0v) is 16.8. The van der Waals surface area contributed by atoms with E-state index in [9.17, 15) is 19.2 Å². The van der Waals surface area contributed by atoms with Crippen molar-refractivity contribution in [3.8, 4) is 11.3 Å². The fourth-order valence-electron chi connectivity index (χ4n) is 3.35. The number of Topliss-reactive ketones (excluding diaryl/α,β-unsaturated/α-hetero) is 1. The fourth-order valence-corrected chi connectivity index (χ4v) is 3.35. The summed E-state index contributed by atoms with van der Waals surface area (Å²) in [6, 6.07) is 17.8. The van der Waals surface area contributed by atoms with Gasteiger partial charge in [0.25, 0.3) is 5.91 Å². The molecule has 1 saturated heterocycles. The molecule has 1 aliphatic heterocycles. The second kappa shape index (κ2) is 7.56. The van der Waals surface area contributed by atoms with Crippen molar-refractivity contribution >= 4 is 23.6 Å². The number of rotatable bonds is 5. The van der Waals surface area contributed by atoms with Crippen LogP contribution < -0.4 is 10.7 Å². The highest BCUT2D eigenvalue weighted by molar-refractivity contribution is 6.09. The normalized spacial score (nSPS) is 18.1. The van der Waals surface area contributed by atoms with Gasteiger partial charge < -0.3 is 9.73 Å². The monoisotopic (exact) mass is 417 g/mol. The Morgan fingerprint density at radius 2 is 1.65 bits per heavy atom. The number of carbonyl (C=O) groups excluding carboxylic acids is 4. The number of hydrazine groups is 1. The molecule has 0 spiro atoms. The molecular weight excluding hydrogens is 398 g/mol. The lowest BCUT2D eigenvalue weighted by molar-refractivity contribution is -0.132. The molecule has 156 valence electrons. The first-order valence-corrected chi connectivity index (χ1v) is 9.54. The third-order valence-corrected chi connectivity index (χ3v) is 5.16. The number of amides is 4. The van der Waals surface area contributed by atoms with Crippen LogP contribution in [0.25, 0.3) is 11.3 Å². The maximum atomic E-state index is 12.9. The molecule has 2 heterocycles. The standard InChI is InChI=1S/C23H19N3O5/c1-14(27)15-8-10-16(11-9-15)18-12-13-19(31-18)20(28)25-26-21(29)23(2,24-22(26)30)17-6-4-3-5-7-17/h3-13H,1-2H3,(H,24,30)(H,25,28)/t23-/m0/s1. The van der Waals surface area contributed by atoms with Crippen molar-refractivity contribution in [1.82, 2.24) is 15.8 Å². The molecule has 1 fully saturated rings. The number of ketones is 1. The van der Waals surface area contributed by atoms with E-state index >= 15 is 0 Å². The van der Waals surface area contributed by atoms with Crippen LogP contribution >= 0.6 is 0 Å². The lowest BCUT2D eigenvalue weighted by Crippen LogP contribution is -2.47. The van der Waals surface area contributed by atoms with Crippen molar-refractivity contribution in [3.63, 3.8) is 0 Å². The molecule has 31 heavy (non-hydrogen) atoms. The number of hydrogen-bond acceptors (Lipinski definition) is 5. The van der Waals surface area contributed by atoms with E-state index in [2.05, 4.69) is 10.7 Å². The minimum absolute atomic E-state index is 0.0536. The number of benzene rings is 2. The molecule has 0 aliphatic carbocycles. The molecule has 0 saturated carbocycles. The summed E-state index contributed by atoms with van der Waals surface area (Å²) in [7, 11) is 0. The second-order valence-corrected chi connectivity index (χ2v) is 7.30. The average molecular weight is 417 g/mol. The van der Waals surface area contributed by atoms with Gasteiger partial charge in [-0.25, -0.2) is 10.2 Å². The third kappa shape index (κ3) is 3.59. The van der Waals surface area contributed by atoms with Crippen LogP contribution in [0.5, 0.6) is 0 Å². The van der Waals surface area contributed by atoms with Crippen molar-refractivity contribution in [1.29, 1.82) is 0 Å². The zero-order valence-electron chi connectivity index (χ0n) is 16.8. The Morgan fingerprint density at radius 1 is 0.968 bits per heavy atom. The number of nitrogens with one attached hydrogen (secondary N) is 2. The molecular formula is C23H19N3O5. The summed E-state index contributed by atoms with van der Waals surface area (Å²) in [5, 5.41) is 3.27. The van der Waals surface area contributed by atoms with E-state index in [-0.39, 0.29) is 11.5 Å². The number of furan rings is 1. The van der Waals surface area contributed by atoms with Gasteiger partial charge in [0.1, 0.15) is 11.3 Å². The molecule has 2 aromatic carbocycles. The quantitative estimate of drug-likeness (QED) is 0.489. The van der Waals surface area contributed by atoms with Gasteiger partial charge in [-0.1, -0.05) is 54.6 Å². The molecule has 0 radical (unpaired) electrons. The van der Waals surface area contributed by atoms with Crippen molar-refractivity contribution in [2.75, 3.05) is 0 Å². The molecule has 0 bridgehead atoms. The minimum atomic E-state index is -1.29. The number of imide groups is 1. The van der Waals surface area contributed by atoms with Crippen molar-refractivity contribution in [2.45, 2.75) is 19.4 Å². The van der Waals surface area contributed by atoms with Gasteiger partial charge in [-0.2, -0.15) is 5.01 Å².